The lowest BCUT2D eigenvalue weighted by atomic mass is 10.00. The van der Waals surface area contributed by atoms with Crippen molar-refractivity contribution in [2.24, 2.45) is 0 Å². The van der Waals surface area contributed by atoms with Gasteiger partial charge in [0.2, 0.25) is 11.8 Å². The molecule has 0 bridgehead atoms. The number of nitrogens with one attached hydrogen (secondary N) is 2. The fourth-order valence-corrected chi connectivity index (χ4v) is 8.58. The van der Waals surface area contributed by atoms with E-state index in [0.717, 1.165) is 48.3 Å². The zero-order valence-corrected chi connectivity index (χ0v) is 39.0. The van der Waals surface area contributed by atoms with Gasteiger partial charge in [0, 0.05) is 80.0 Å². The minimum Gasteiger partial charge on any atom is -0.481 e. The van der Waals surface area contributed by atoms with Gasteiger partial charge in [-0.05, 0) is 106 Å². The number of hydrogen-bond acceptors (Lipinski definition) is 10. The van der Waals surface area contributed by atoms with Gasteiger partial charge in [0.05, 0.1) is 30.1 Å². The maximum Gasteiger partial charge on any atom is 0.410 e. The number of benzene rings is 1. The molecule has 3 aromatic heterocycles. The van der Waals surface area contributed by atoms with Gasteiger partial charge in [-0.3, -0.25) is 24.5 Å². The zero-order chi connectivity index (χ0) is 44.3. The molecule has 61 heavy (non-hydrogen) atoms. The van der Waals surface area contributed by atoms with Crippen molar-refractivity contribution < 1.29 is 28.3 Å². The molecule has 13 nitrogen and oxygen atoms in total. The highest BCUT2D eigenvalue weighted by molar-refractivity contribution is 6.74. The maximum atomic E-state index is 13.6. The van der Waals surface area contributed by atoms with Crippen LogP contribution in [0.4, 0.5) is 10.5 Å². The normalized spacial score (nSPS) is 15.9. The zero-order valence-electron chi connectivity index (χ0n) is 37.2. The Morgan fingerprint density at radius 3 is 2.49 bits per heavy atom. The highest BCUT2D eigenvalue weighted by Crippen LogP contribution is 2.39. The molecule has 2 aliphatic heterocycles. The van der Waals surface area contributed by atoms with Crippen molar-refractivity contribution in [1.82, 2.24) is 30.1 Å². The second-order valence-corrected chi connectivity index (χ2v) is 23.6. The number of carbonyl (C=O) groups is 3. The standard InChI is InChI=1S/C46H60ClN7O6Si/c1-29-34(12-11-13-36(29)51-42(56)38-24-30-19-21-53(26-32(30)25-49-38)22-23-59-61(9,10)46(5,6)7)41-40(47)35(18-20-48-41)37-16-14-31(43(52-37)58-8)27-54(44(57)60-45(2,3)4)28-33-15-17-39(55)50-33/h11-14,16,18,20,24-25,33H,15,17,19,21-23,26-28H2,1-10H3,(H,50,55)(H,51,56)/t33-/m0/s1. The molecule has 5 heterocycles. The molecular formula is C46H60ClN7O6Si. The number of ether oxygens (including phenoxy) is 2. The fraction of sp³-hybridized carbons (Fsp3) is 0.478. The topological polar surface area (TPSA) is 148 Å². The molecule has 0 radical (unpaired) electrons. The number of fused-ring (bicyclic) bond motifs is 1. The van der Waals surface area contributed by atoms with E-state index in [2.05, 4.69) is 59.4 Å². The van der Waals surface area contributed by atoms with Gasteiger partial charge < -0.3 is 29.4 Å². The summed E-state index contributed by atoms with van der Waals surface area (Å²) in [5, 5.41) is 6.56. The van der Waals surface area contributed by atoms with Crippen LogP contribution in [0.1, 0.15) is 87.1 Å². The van der Waals surface area contributed by atoms with E-state index in [1.54, 1.807) is 17.2 Å². The number of pyridine rings is 3. The van der Waals surface area contributed by atoms with Crippen LogP contribution in [-0.4, -0.2) is 96.0 Å². The van der Waals surface area contributed by atoms with Crippen LogP contribution in [0, 0.1) is 6.92 Å². The van der Waals surface area contributed by atoms with Gasteiger partial charge in [-0.1, -0.05) is 44.5 Å². The van der Waals surface area contributed by atoms with Crippen molar-refractivity contribution in [3.8, 4) is 28.4 Å². The molecular weight excluding hydrogens is 810 g/mol. The van der Waals surface area contributed by atoms with E-state index in [4.69, 9.17) is 30.5 Å². The SMILES string of the molecule is COc1nc(-c2ccnc(-c3cccc(NC(=O)c4cc5c(cn4)CN(CCO[Si](C)(C)C(C)(C)C)CC5)c3C)c2Cl)ccc1CN(C[C@@H]1CCC(=O)N1)C(=O)OC(C)(C)C. The number of nitrogens with zero attached hydrogens (tertiary/aromatic N) is 5. The van der Waals surface area contributed by atoms with E-state index in [-0.39, 0.29) is 36.0 Å². The lowest BCUT2D eigenvalue weighted by Crippen LogP contribution is -2.43. The van der Waals surface area contributed by atoms with Gasteiger partial charge in [0.25, 0.3) is 5.91 Å². The quantitative estimate of drug-likeness (QED) is 0.125. The Hall–Kier alpha value is -4.89. The molecule has 0 unspecified atom stereocenters. The Kier molecular flexibility index (Phi) is 13.9. The lowest BCUT2D eigenvalue weighted by Gasteiger charge is -2.37. The van der Waals surface area contributed by atoms with Crippen LogP contribution in [0.25, 0.3) is 22.5 Å². The third-order valence-electron chi connectivity index (χ3n) is 11.8. The van der Waals surface area contributed by atoms with Crippen molar-refractivity contribution in [2.45, 2.75) is 111 Å². The second-order valence-electron chi connectivity index (χ2n) is 18.5. The molecule has 4 aromatic rings. The van der Waals surface area contributed by atoms with Crippen LogP contribution in [0.2, 0.25) is 23.2 Å². The molecule has 0 aliphatic carbocycles. The molecule has 6 rings (SSSR count). The first-order chi connectivity index (χ1) is 28.7. The molecule has 326 valence electrons. The van der Waals surface area contributed by atoms with E-state index in [1.807, 2.05) is 70.3 Å². The second kappa shape index (κ2) is 18.6. The Balaban J connectivity index is 1.16. The maximum absolute atomic E-state index is 13.6. The number of hydrogen-bond donors (Lipinski definition) is 2. The first-order valence-corrected chi connectivity index (χ1v) is 24.2. The smallest absolute Gasteiger partial charge is 0.410 e. The minimum atomic E-state index is -1.80. The summed E-state index contributed by atoms with van der Waals surface area (Å²) in [4.78, 5) is 56.9. The highest BCUT2D eigenvalue weighted by atomic mass is 35.5. The molecule has 2 N–H and O–H groups in total. The summed E-state index contributed by atoms with van der Waals surface area (Å²) >= 11 is 7.12. The van der Waals surface area contributed by atoms with E-state index in [9.17, 15) is 14.4 Å². The predicted molar refractivity (Wildman–Crippen MR) is 241 cm³/mol. The van der Waals surface area contributed by atoms with Crippen LogP contribution in [-0.2, 0) is 33.5 Å². The van der Waals surface area contributed by atoms with Crippen LogP contribution in [0.5, 0.6) is 5.88 Å². The lowest BCUT2D eigenvalue weighted by molar-refractivity contribution is -0.119. The summed E-state index contributed by atoms with van der Waals surface area (Å²) in [5.41, 5.74) is 6.44. The molecule has 1 fully saturated rings. The van der Waals surface area contributed by atoms with E-state index in [0.29, 0.717) is 64.2 Å². The van der Waals surface area contributed by atoms with Gasteiger partial charge >= 0.3 is 6.09 Å². The molecule has 2 aliphatic rings. The van der Waals surface area contributed by atoms with Crippen LogP contribution >= 0.6 is 11.6 Å². The first kappa shape index (κ1) is 45.6. The number of halogens is 1. The van der Waals surface area contributed by atoms with Gasteiger partial charge in [0.15, 0.2) is 8.32 Å². The summed E-state index contributed by atoms with van der Waals surface area (Å²) in [6, 6.07) is 12.8. The van der Waals surface area contributed by atoms with E-state index < -0.39 is 20.0 Å². The summed E-state index contributed by atoms with van der Waals surface area (Å²) in [6.07, 6.45) is 4.88. The van der Waals surface area contributed by atoms with Crippen molar-refractivity contribution in [3.05, 3.63) is 87.8 Å². The number of rotatable bonds is 13. The van der Waals surface area contributed by atoms with Gasteiger partial charge in [0.1, 0.15) is 11.3 Å². The molecule has 3 amide bonds. The third-order valence-corrected chi connectivity index (χ3v) is 16.7. The fourth-order valence-electron chi connectivity index (χ4n) is 7.24. The van der Waals surface area contributed by atoms with Gasteiger partial charge in [-0.25, -0.2) is 9.78 Å². The number of methoxy groups -OCH3 is 1. The number of carbonyl (C=O) groups excluding carboxylic acids is 3. The van der Waals surface area contributed by atoms with Crippen LogP contribution < -0.4 is 15.4 Å². The summed E-state index contributed by atoms with van der Waals surface area (Å²) in [5.74, 6) is -0.0144. The van der Waals surface area contributed by atoms with Gasteiger partial charge in [-0.15, -0.1) is 0 Å². The predicted octanol–water partition coefficient (Wildman–Crippen LogP) is 8.82. The molecule has 0 spiro atoms. The summed E-state index contributed by atoms with van der Waals surface area (Å²) < 4.78 is 17.9. The van der Waals surface area contributed by atoms with E-state index >= 15 is 0 Å². The van der Waals surface area contributed by atoms with Crippen molar-refractivity contribution in [2.75, 3.05) is 38.7 Å². The monoisotopic (exact) mass is 869 g/mol. The van der Waals surface area contributed by atoms with Crippen molar-refractivity contribution >= 4 is 43.5 Å². The Morgan fingerprint density at radius 1 is 1.03 bits per heavy atom. The van der Waals surface area contributed by atoms with Gasteiger partial charge in [-0.2, -0.15) is 0 Å². The highest BCUT2D eigenvalue weighted by Gasteiger charge is 2.37. The van der Waals surface area contributed by atoms with Crippen molar-refractivity contribution in [3.63, 3.8) is 0 Å². The third kappa shape index (κ3) is 11.1. The average molecular weight is 871 g/mol. The average Bonchev–Trinajstić information content (AvgIpc) is 3.61. The van der Waals surface area contributed by atoms with Crippen molar-refractivity contribution in [1.29, 1.82) is 0 Å². The minimum absolute atomic E-state index is 0.0351. The summed E-state index contributed by atoms with van der Waals surface area (Å²) in [7, 11) is -0.281. The molecule has 1 atom stereocenters. The Morgan fingerprint density at radius 2 is 1.80 bits per heavy atom. The van der Waals surface area contributed by atoms with Crippen LogP contribution in [0.15, 0.2) is 54.9 Å². The van der Waals surface area contributed by atoms with Crippen LogP contribution in [0.3, 0.4) is 0 Å². The Labute approximate surface area is 366 Å². The molecule has 1 saturated heterocycles. The number of amides is 3. The first-order valence-electron chi connectivity index (χ1n) is 20.9. The summed E-state index contributed by atoms with van der Waals surface area (Å²) in [6.45, 7) is 22.4. The Bertz CT molecular complexity index is 2270. The molecule has 0 saturated carbocycles. The molecule has 1 aromatic carbocycles. The number of anilines is 1. The molecule has 15 heteroatoms. The number of aromatic nitrogens is 3. The largest absolute Gasteiger partial charge is 0.481 e. The van der Waals surface area contributed by atoms with E-state index in [1.165, 1.54) is 7.11 Å².